The number of hydrogen-bond donors (Lipinski definition) is 1. The third-order valence-corrected chi connectivity index (χ3v) is 3.91. The first-order chi connectivity index (χ1) is 11.5. The first-order valence-corrected chi connectivity index (χ1v) is 8.18. The molecule has 4 nitrogen and oxygen atoms in total. The molecule has 0 unspecified atom stereocenters. The molecule has 0 spiro atoms. The number of rotatable bonds is 7. The van der Waals surface area contributed by atoms with Gasteiger partial charge in [-0.2, -0.15) is 0 Å². The van der Waals surface area contributed by atoms with Crippen LogP contribution in [0.2, 0.25) is 0 Å². The smallest absolute Gasteiger partial charge is 0.261 e. The Labute approximate surface area is 143 Å². The number of benzene rings is 2. The van der Waals surface area contributed by atoms with Crippen molar-refractivity contribution < 1.29 is 14.3 Å². The highest BCUT2D eigenvalue weighted by atomic mass is 16.5. The highest BCUT2D eigenvalue weighted by Crippen LogP contribution is 2.21. The van der Waals surface area contributed by atoms with E-state index in [0.717, 1.165) is 22.6 Å². The summed E-state index contributed by atoms with van der Waals surface area (Å²) in [7, 11) is 1.62. The predicted octanol–water partition coefficient (Wildman–Crippen LogP) is 3.79. The number of carbonyl (C=O) groups is 1. The molecule has 0 aliphatic carbocycles. The van der Waals surface area contributed by atoms with Crippen LogP contribution in [0, 0.1) is 13.8 Å². The lowest BCUT2D eigenvalue weighted by Gasteiger charge is -2.19. The first-order valence-electron chi connectivity index (χ1n) is 8.18. The van der Waals surface area contributed by atoms with Crippen LogP contribution >= 0.6 is 0 Å². The molecule has 0 radical (unpaired) electrons. The molecular formula is C20H25NO3. The maximum Gasteiger partial charge on any atom is 0.261 e. The van der Waals surface area contributed by atoms with Gasteiger partial charge >= 0.3 is 0 Å². The molecule has 0 aromatic heterocycles. The highest BCUT2D eigenvalue weighted by Gasteiger charge is 2.19. The molecule has 1 N–H and O–H groups in total. The topological polar surface area (TPSA) is 47.6 Å². The molecule has 1 atom stereocenters. The van der Waals surface area contributed by atoms with Crippen molar-refractivity contribution in [1.82, 2.24) is 5.32 Å². The molecule has 24 heavy (non-hydrogen) atoms. The van der Waals surface area contributed by atoms with Crippen LogP contribution in [0.5, 0.6) is 11.5 Å². The summed E-state index contributed by atoms with van der Waals surface area (Å²) in [4.78, 5) is 12.5. The van der Waals surface area contributed by atoms with Crippen LogP contribution in [0.4, 0.5) is 0 Å². The van der Waals surface area contributed by atoms with Gasteiger partial charge in [0.05, 0.1) is 7.11 Å². The molecule has 1 amide bonds. The van der Waals surface area contributed by atoms with Gasteiger partial charge in [0.15, 0.2) is 6.10 Å². The van der Waals surface area contributed by atoms with E-state index >= 15 is 0 Å². The van der Waals surface area contributed by atoms with Crippen molar-refractivity contribution in [3.8, 4) is 11.5 Å². The average molecular weight is 327 g/mol. The van der Waals surface area contributed by atoms with E-state index in [4.69, 9.17) is 9.47 Å². The van der Waals surface area contributed by atoms with Crippen LogP contribution in [0.1, 0.15) is 30.0 Å². The quantitative estimate of drug-likeness (QED) is 0.842. The number of amides is 1. The predicted molar refractivity (Wildman–Crippen MR) is 95.5 cm³/mol. The van der Waals surface area contributed by atoms with E-state index in [9.17, 15) is 4.79 Å². The van der Waals surface area contributed by atoms with Crippen LogP contribution in [0.25, 0.3) is 0 Å². The lowest BCUT2D eigenvalue weighted by Crippen LogP contribution is -2.37. The van der Waals surface area contributed by atoms with Gasteiger partial charge in [0.2, 0.25) is 0 Å². The molecule has 0 saturated carbocycles. The summed E-state index contributed by atoms with van der Waals surface area (Å²) in [6.07, 6.45) is 0.0894. The van der Waals surface area contributed by atoms with Gasteiger partial charge in [0.25, 0.3) is 5.91 Å². The van der Waals surface area contributed by atoms with Crippen molar-refractivity contribution in [3.63, 3.8) is 0 Å². The Morgan fingerprint density at radius 3 is 2.54 bits per heavy atom. The van der Waals surface area contributed by atoms with Crippen LogP contribution in [-0.4, -0.2) is 19.1 Å². The Morgan fingerprint density at radius 1 is 1.12 bits per heavy atom. The number of para-hydroxylation sites is 1. The molecule has 0 aliphatic rings. The summed E-state index contributed by atoms with van der Waals surface area (Å²) < 4.78 is 11.2. The zero-order valence-electron chi connectivity index (χ0n) is 14.8. The average Bonchev–Trinajstić information content (AvgIpc) is 2.59. The maximum absolute atomic E-state index is 12.5. The third-order valence-electron chi connectivity index (χ3n) is 3.91. The number of methoxy groups -OCH3 is 1. The zero-order chi connectivity index (χ0) is 17.5. The van der Waals surface area contributed by atoms with Gasteiger partial charge in [-0.15, -0.1) is 0 Å². The molecular weight excluding hydrogens is 302 g/mol. The van der Waals surface area contributed by atoms with E-state index < -0.39 is 6.10 Å². The Balaban J connectivity index is 2.01. The van der Waals surface area contributed by atoms with Crippen molar-refractivity contribution in [2.45, 2.75) is 39.8 Å². The Morgan fingerprint density at radius 2 is 1.88 bits per heavy atom. The van der Waals surface area contributed by atoms with Crippen molar-refractivity contribution in [1.29, 1.82) is 0 Å². The summed E-state index contributed by atoms with van der Waals surface area (Å²) in [5.74, 6) is 1.39. The van der Waals surface area contributed by atoms with Crippen LogP contribution in [0.15, 0.2) is 42.5 Å². The minimum Gasteiger partial charge on any atom is -0.496 e. The SMILES string of the molecule is CC[C@@H](Oc1ccc(C)cc1C)C(=O)NCc1ccccc1OC. The van der Waals surface area contributed by atoms with E-state index in [0.29, 0.717) is 13.0 Å². The monoisotopic (exact) mass is 327 g/mol. The second kappa shape index (κ2) is 8.39. The Hall–Kier alpha value is -2.49. The second-order valence-electron chi connectivity index (χ2n) is 5.81. The molecule has 2 aromatic carbocycles. The lowest BCUT2D eigenvalue weighted by atomic mass is 10.1. The molecule has 2 aromatic rings. The van der Waals surface area contributed by atoms with Crippen LogP contribution in [0.3, 0.4) is 0 Å². The van der Waals surface area contributed by atoms with E-state index in [1.807, 2.05) is 57.2 Å². The van der Waals surface area contributed by atoms with Crippen molar-refractivity contribution in [2.24, 2.45) is 0 Å². The summed E-state index contributed by atoms with van der Waals surface area (Å²) in [5, 5.41) is 2.93. The standard InChI is InChI=1S/C20H25NO3/c1-5-17(24-18-11-10-14(2)12-15(18)3)20(22)21-13-16-8-6-7-9-19(16)23-4/h6-12,17H,5,13H2,1-4H3,(H,21,22)/t17-/m1/s1. The van der Waals surface area contributed by atoms with Crippen molar-refractivity contribution >= 4 is 5.91 Å². The first kappa shape index (κ1) is 17.9. The van der Waals surface area contributed by atoms with E-state index in [-0.39, 0.29) is 5.91 Å². The molecule has 0 fully saturated rings. The minimum absolute atomic E-state index is 0.122. The Kier molecular flexibility index (Phi) is 6.24. The second-order valence-corrected chi connectivity index (χ2v) is 5.81. The third kappa shape index (κ3) is 4.51. The van der Waals surface area contributed by atoms with Gasteiger partial charge < -0.3 is 14.8 Å². The maximum atomic E-state index is 12.5. The number of carbonyl (C=O) groups excluding carboxylic acids is 1. The molecule has 2 rings (SSSR count). The van der Waals surface area contributed by atoms with E-state index in [1.165, 1.54) is 5.56 Å². The van der Waals surface area contributed by atoms with Crippen molar-refractivity contribution in [3.05, 3.63) is 59.2 Å². The molecule has 4 heteroatoms. The summed E-state index contributed by atoms with van der Waals surface area (Å²) in [6.45, 7) is 6.38. The number of hydrogen-bond acceptors (Lipinski definition) is 3. The number of ether oxygens (including phenoxy) is 2. The summed E-state index contributed by atoms with van der Waals surface area (Å²) >= 11 is 0. The van der Waals surface area contributed by atoms with Gasteiger partial charge in [-0.25, -0.2) is 0 Å². The van der Waals surface area contributed by atoms with Crippen LogP contribution < -0.4 is 14.8 Å². The van der Waals surface area contributed by atoms with E-state index in [2.05, 4.69) is 11.4 Å². The number of nitrogens with one attached hydrogen (secondary N) is 1. The van der Waals surface area contributed by atoms with Gasteiger partial charge in [0, 0.05) is 12.1 Å². The zero-order valence-corrected chi connectivity index (χ0v) is 14.8. The molecule has 0 bridgehead atoms. The van der Waals surface area contributed by atoms with Crippen molar-refractivity contribution in [2.75, 3.05) is 7.11 Å². The highest BCUT2D eigenvalue weighted by molar-refractivity contribution is 5.81. The largest absolute Gasteiger partial charge is 0.496 e. The number of aryl methyl sites for hydroxylation is 2. The van der Waals surface area contributed by atoms with Gasteiger partial charge in [-0.1, -0.05) is 42.8 Å². The fourth-order valence-electron chi connectivity index (χ4n) is 2.55. The van der Waals surface area contributed by atoms with E-state index in [1.54, 1.807) is 7.11 Å². The normalized spacial score (nSPS) is 11.7. The molecule has 0 saturated heterocycles. The fourth-order valence-corrected chi connectivity index (χ4v) is 2.55. The lowest BCUT2D eigenvalue weighted by molar-refractivity contribution is -0.128. The van der Waals surface area contributed by atoms with Gasteiger partial charge in [-0.05, 0) is 38.0 Å². The van der Waals surface area contributed by atoms with Gasteiger partial charge in [0.1, 0.15) is 11.5 Å². The molecule has 128 valence electrons. The minimum atomic E-state index is -0.513. The molecule has 0 aliphatic heterocycles. The Bertz CT molecular complexity index is 697. The van der Waals surface area contributed by atoms with Crippen LogP contribution in [-0.2, 0) is 11.3 Å². The van der Waals surface area contributed by atoms with Gasteiger partial charge in [-0.3, -0.25) is 4.79 Å². The summed E-state index contributed by atoms with van der Waals surface area (Å²) in [6, 6.07) is 13.6. The summed E-state index contributed by atoms with van der Waals surface area (Å²) in [5.41, 5.74) is 3.15. The molecule has 0 heterocycles. The fraction of sp³-hybridized carbons (Fsp3) is 0.350.